The first kappa shape index (κ1) is 11.5. The van der Waals surface area contributed by atoms with E-state index in [9.17, 15) is 0 Å². The molecular weight excluding hydrogens is 186 g/mol. The molecule has 1 rings (SSSR count). The maximum Gasteiger partial charge on any atom is 0.0608 e. The predicted molar refractivity (Wildman–Crippen MR) is 64.2 cm³/mol. The first-order valence-electron chi connectivity index (χ1n) is 5.19. The van der Waals surface area contributed by atoms with Crippen molar-refractivity contribution in [3.05, 3.63) is 42.0 Å². The van der Waals surface area contributed by atoms with Crippen molar-refractivity contribution in [3.8, 4) is 0 Å². The van der Waals surface area contributed by atoms with Gasteiger partial charge in [-0.2, -0.15) is 0 Å². The molecule has 80 valence electrons. The van der Waals surface area contributed by atoms with E-state index in [4.69, 9.17) is 5.21 Å². The zero-order chi connectivity index (χ0) is 11.1. The lowest BCUT2D eigenvalue weighted by Gasteiger charge is -2.07. The lowest BCUT2D eigenvalue weighted by atomic mass is 10.00. The Morgan fingerprint density at radius 3 is 2.60 bits per heavy atom. The van der Waals surface area contributed by atoms with E-state index in [1.807, 2.05) is 25.1 Å². The van der Waals surface area contributed by atoms with Crippen LogP contribution in [0.15, 0.2) is 41.6 Å². The molecule has 0 bridgehead atoms. The molecule has 1 N–H and O–H groups in total. The largest absolute Gasteiger partial charge is 0.411 e. The van der Waals surface area contributed by atoms with Crippen LogP contribution < -0.4 is 0 Å². The Kier molecular flexibility index (Phi) is 4.61. The highest BCUT2D eigenvalue weighted by Gasteiger charge is 2.05. The second-order valence-electron chi connectivity index (χ2n) is 3.53. The van der Waals surface area contributed by atoms with E-state index in [-0.39, 0.29) is 5.92 Å². The quantitative estimate of drug-likeness (QED) is 0.453. The normalized spacial score (nSPS) is 14.4. The summed E-state index contributed by atoms with van der Waals surface area (Å²) < 4.78 is 0. The van der Waals surface area contributed by atoms with Gasteiger partial charge in [0.2, 0.25) is 0 Å². The van der Waals surface area contributed by atoms with E-state index in [2.05, 4.69) is 36.4 Å². The van der Waals surface area contributed by atoms with Crippen LogP contribution in [-0.4, -0.2) is 10.9 Å². The van der Waals surface area contributed by atoms with Crippen LogP contribution in [0.2, 0.25) is 0 Å². The minimum absolute atomic E-state index is 0.218. The van der Waals surface area contributed by atoms with E-state index >= 15 is 0 Å². The highest BCUT2D eigenvalue weighted by Crippen LogP contribution is 2.10. The fourth-order valence-electron chi connectivity index (χ4n) is 1.44. The molecule has 0 spiro atoms. The summed E-state index contributed by atoms with van der Waals surface area (Å²) in [5.74, 6) is 0.218. The molecule has 2 heteroatoms. The standard InChI is InChI=1S/C13H17NO/c1-3-13(11(2)14-15)10-9-12-7-5-4-6-8-12/h4-10,13,15H,3H2,1-2H3/b10-9+,14-11+. The summed E-state index contributed by atoms with van der Waals surface area (Å²) in [5, 5.41) is 11.9. The molecule has 1 aromatic rings. The summed E-state index contributed by atoms with van der Waals surface area (Å²) in [7, 11) is 0. The second kappa shape index (κ2) is 6.02. The number of benzene rings is 1. The Morgan fingerprint density at radius 1 is 1.40 bits per heavy atom. The second-order valence-corrected chi connectivity index (χ2v) is 3.53. The summed E-state index contributed by atoms with van der Waals surface area (Å²) in [6, 6.07) is 10.1. The Balaban J connectivity index is 2.71. The van der Waals surface area contributed by atoms with Gasteiger partial charge in [0.25, 0.3) is 0 Å². The minimum atomic E-state index is 0.218. The van der Waals surface area contributed by atoms with Gasteiger partial charge in [-0.1, -0.05) is 54.6 Å². The van der Waals surface area contributed by atoms with Crippen molar-refractivity contribution in [1.29, 1.82) is 0 Å². The highest BCUT2D eigenvalue weighted by atomic mass is 16.4. The van der Waals surface area contributed by atoms with Gasteiger partial charge in [0.15, 0.2) is 0 Å². The Labute approximate surface area is 90.9 Å². The van der Waals surface area contributed by atoms with Crippen LogP contribution in [0.4, 0.5) is 0 Å². The molecule has 1 aromatic carbocycles. The molecule has 2 nitrogen and oxygen atoms in total. The third-order valence-electron chi connectivity index (χ3n) is 2.45. The molecule has 1 unspecified atom stereocenters. The highest BCUT2D eigenvalue weighted by molar-refractivity contribution is 5.86. The van der Waals surface area contributed by atoms with Crippen LogP contribution in [0.1, 0.15) is 25.8 Å². The van der Waals surface area contributed by atoms with E-state index in [1.165, 1.54) is 5.56 Å². The molecule has 0 aliphatic rings. The number of rotatable bonds is 4. The number of oxime groups is 1. The number of allylic oxidation sites excluding steroid dienone is 1. The fourth-order valence-corrected chi connectivity index (χ4v) is 1.44. The smallest absolute Gasteiger partial charge is 0.0608 e. The van der Waals surface area contributed by atoms with Crippen molar-refractivity contribution in [2.24, 2.45) is 11.1 Å². The monoisotopic (exact) mass is 203 g/mol. The SMILES string of the molecule is CCC(/C=C/c1ccccc1)/C(C)=N/O. The van der Waals surface area contributed by atoms with E-state index in [0.717, 1.165) is 12.1 Å². The zero-order valence-corrected chi connectivity index (χ0v) is 9.22. The van der Waals surface area contributed by atoms with Gasteiger partial charge in [-0.15, -0.1) is 0 Å². The zero-order valence-electron chi connectivity index (χ0n) is 9.22. The molecule has 0 aromatic heterocycles. The molecule has 1 atom stereocenters. The molecule has 0 aliphatic heterocycles. The molecule has 0 amide bonds. The molecule has 15 heavy (non-hydrogen) atoms. The lowest BCUT2D eigenvalue weighted by molar-refractivity contribution is 0.315. The van der Waals surface area contributed by atoms with Crippen molar-refractivity contribution >= 4 is 11.8 Å². The average molecular weight is 203 g/mol. The summed E-state index contributed by atoms with van der Waals surface area (Å²) in [6.45, 7) is 3.91. The van der Waals surface area contributed by atoms with Gasteiger partial charge in [-0.25, -0.2) is 0 Å². The molecular formula is C13H17NO. The average Bonchev–Trinajstić information content (AvgIpc) is 2.31. The lowest BCUT2D eigenvalue weighted by Crippen LogP contribution is -2.06. The van der Waals surface area contributed by atoms with Crippen LogP contribution in [-0.2, 0) is 0 Å². The third kappa shape index (κ3) is 3.58. The number of hydrogen-bond donors (Lipinski definition) is 1. The predicted octanol–water partition coefficient (Wildman–Crippen LogP) is 3.58. The van der Waals surface area contributed by atoms with Gasteiger partial charge in [-0.3, -0.25) is 0 Å². The molecule has 0 fully saturated rings. The fraction of sp³-hybridized carbons (Fsp3) is 0.308. The van der Waals surface area contributed by atoms with Crippen molar-refractivity contribution in [3.63, 3.8) is 0 Å². The first-order valence-corrected chi connectivity index (χ1v) is 5.19. The van der Waals surface area contributed by atoms with Crippen LogP contribution in [0, 0.1) is 5.92 Å². The summed E-state index contributed by atoms with van der Waals surface area (Å²) in [4.78, 5) is 0. The van der Waals surface area contributed by atoms with Crippen molar-refractivity contribution in [2.75, 3.05) is 0 Å². The van der Waals surface area contributed by atoms with Gasteiger partial charge in [0.05, 0.1) is 5.71 Å². The maximum absolute atomic E-state index is 8.69. The molecule has 0 saturated carbocycles. The van der Waals surface area contributed by atoms with Crippen molar-refractivity contribution in [1.82, 2.24) is 0 Å². The van der Waals surface area contributed by atoms with Gasteiger partial charge in [0.1, 0.15) is 0 Å². The maximum atomic E-state index is 8.69. The molecule has 0 saturated heterocycles. The third-order valence-corrected chi connectivity index (χ3v) is 2.45. The molecule has 0 radical (unpaired) electrons. The van der Waals surface area contributed by atoms with Gasteiger partial charge >= 0.3 is 0 Å². The number of nitrogens with zero attached hydrogens (tertiary/aromatic N) is 1. The van der Waals surface area contributed by atoms with Gasteiger partial charge in [-0.05, 0) is 18.9 Å². The van der Waals surface area contributed by atoms with E-state index < -0.39 is 0 Å². The summed E-state index contributed by atoms with van der Waals surface area (Å²) >= 11 is 0. The van der Waals surface area contributed by atoms with E-state index in [1.54, 1.807) is 0 Å². The Morgan fingerprint density at radius 2 is 2.07 bits per heavy atom. The van der Waals surface area contributed by atoms with Crippen molar-refractivity contribution < 1.29 is 5.21 Å². The van der Waals surface area contributed by atoms with Crippen LogP contribution in [0.25, 0.3) is 6.08 Å². The number of hydrogen-bond acceptors (Lipinski definition) is 2. The first-order chi connectivity index (χ1) is 7.27. The van der Waals surface area contributed by atoms with Gasteiger partial charge in [0, 0.05) is 5.92 Å². The van der Waals surface area contributed by atoms with E-state index in [0.29, 0.717) is 0 Å². The minimum Gasteiger partial charge on any atom is -0.411 e. The Hall–Kier alpha value is -1.57. The molecule has 0 heterocycles. The van der Waals surface area contributed by atoms with Gasteiger partial charge < -0.3 is 5.21 Å². The van der Waals surface area contributed by atoms with Crippen LogP contribution in [0.5, 0.6) is 0 Å². The van der Waals surface area contributed by atoms with Crippen LogP contribution in [0.3, 0.4) is 0 Å². The topological polar surface area (TPSA) is 32.6 Å². The van der Waals surface area contributed by atoms with Crippen molar-refractivity contribution in [2.45, 2.75) is 20.3 Å². The Bertz CT molecular complexity index is 341. The summed E-state index contributed by atoms with van der Waals surface area (Å²) in [5.41, 5.74) is 1.92. The summed E-state index contributed by atoms with van der Waals surface area (Å²) in [6.07, 6.45) is 5.08. The molecule has 0 aliphatic carbocycles. The van der Waals surface area contributed by atoms with Crippen LogP contribution >= 0.6 is 0 Å².